The van der Waals surface area contributed by atoms with Crippen LogP contribution in [0.3, 0.4) is 0 Å². The molecular formula is C20H26N2O2. The molecule has 4 heteroatoms. The van der Waals surface area contributed by atoms with Crippen LogP contribution in [0.2, 0.25) is 0 Å². The molecule has 1 amide bonds. The number of aryl methyl sites for hydroxylation is 2. The fourth-order valence-corrected chi connectivity index (χ4v) is 4.30. The monoisotopic (exact) mass is 326 g/mol. The average molecular weight is 326 g/mol. The fraction of sp³-hybridized carbons (Fsp3) is 0.550. The number of nitrogens with one attached hydrogen (secondary N) is 1. The van der Waals surface area contributed by atoms with Crippen molar-refractivity contribution in [1.82, 2.24) is 9.88 Å². The number of fused-ring (bicyclic) bond motifs is 3. The van der Waals surface area contributed by atoms with Crippen molar-refractivity contribution >= 4 is 16.8 Å². The molecule has 0 radical (unpaired) electrons. The first-order valence-electron chi connectivity index (χ1n) is 9.20. The molecule has 2 aromatic rings. The lowest BCUT2D eigenvalue weighted by Crippen LogP contribution is -2.48. The molecule has 1 aromatic heterocycles. The molecule has 24 heavy (non-hydrogen) atoms. The van der Waals surface area contributed by atoms with E-state index in [0.717, 1.165) is 23.9 Å². The van der Waals surface area contributed by atoms with E-state index >= 15 is 0 Å². The normalized spacial score (nSPS) is 24.7. The van der Waals surface area contributed by atoms with Gasteiger partial charge in [-0.1, -0.05) is 18.6 Å². The largest absolute Gasteiger partial charge is 0.372 e. The molecule has 2 aliphatic rings. The minimum Gasteiger partial charge on any atom is -0.372 e. The molecule has 0 spiro atoms. The molecule has 4 rings (SSSR count). The molecular weight excluding hydrogens is 300 g/mol. The van der Waals surface area contributed by atoms with Crippen LogP contribution in [-0.4, -0.2) is 41.1 Å². The van der Waals surface area contributed by atoms with Crippen molar-refractivity contribution in [3.05, 3.63) is 35.0 Å². The molecule has 1 aliphatic carbocycles. The number of H-pyrrole nitrogens is 1. The van der Waals surface area contributed by atoms with Crippen molar-refractivity contribution in [3.63, 3.8) is 0 Å². The Morgan fingerprint density at radius 1 is 1.12 bits per heavy atom. The molecule has 1 saturated heterocycles. The predicted molar refractivity (Wildman–Crippen MR) is 95.5 cm³/mol. The van der Waals surface area contributed by atoms with E-state index in [1.165, 1.54) is 35.9 Å². The van der Waals surface area contributed by atoms with Gasteiger partial charge in [0.05, 0.1) is 23.3 Å². The molecule has 0 saturated carbocycles. The van der Waals surface area contributed by atoms with Gasteiger partial charge in [0.1, 0.15) is 0 Å². The van der Waals surface area contributed by atoms with Gasteiger partial charge >= 0.3 is 0 Å². The number of hydrogen-bond acceptors (Lipinski definition) is 2. The first-order chi connectivity index (χ1) is 11.6. The quantitative estimate of drug-likeness (QED) is 0.813. The number of para-hydroxylation sites is 1. The maximum Gasteiger partial charge on any atom is 0.256 e. The summed E-state index contributed by atoms with van der Waals surface area (Å²) in [5.74, 6) is 0.124. The van der Waals surface area contributed by atoms with E-state index in [1.807, 2.05) is 30.9 Å². The Morgan fingerprint density at radius 2 is 1.88 bits per heavy atom. The van der Waals surface area contributed by atoms with Gasteiger partial charge < -0.3 is 14.6 Å². The standard InChI is InChI=1S/C20H26N2O2/c1-13-11-22(12-14(2)24-13)20(23)17-9-6-8-16-15-7-4-3-5-10-18(15)21-19(16)17/h6,8-9,13-14,21H,3-5,7,10-12H2,1-2H3/t13-,14-/m1/s1. The van der Waals surface area contributed by atoms with Crippen LogP contribution in [0.15, 0.2) is 18.2 Å². The van der Waals surface area contributed by atoms with Crippen LogP contribution < -0.4 is 0 Å². The SMILES string of the molecule is C[C@@H]1CN(C(=O)c2cccc3c4c([nH]c23)CCCCC4)C[C@@H](C)O1. The summed E-state index contributed by atoms with van der Waals surface area (Å²) in [6.45, 7) is 5.40. The molecule has 1 fully saturated rings. The van der Waals surface area contributed by atoms with Crippen LogP contribution in [0.25, 0.3) is 10.9 Å². The summed E-state index contributed by atoms with van der Waals surface area (Å²) in [6.07, 6.45) is 6.20. The van der Waals surface area contributed by atoms with E-state index in [-0.39, 0.29) is 18.1 Å². The third-order valence-electron chi connectivity index (χ3n) is 5.32. The van der Waals surface area contributed by atoms with Crippen molar-refractivity contribution in [1.29, 1.82) is 0 Å². The second-order valence-electron chi connectivity index (χ2n) is 7.34. The zero-order valence-electron chi connectivity index (χ0n) is 14.6. The summed E-state index contributed by atoms with van der Waals surface area (Å²) in [5.41, 5.74) is 4.61. The highest BCUT2D eigenvalue weighted by molar-refractivity contribution is 6.06. The van der Waals surface area contributed by atoms with E-state index < -0.39 is 0 Å². The van der Waals surface area contributed by atoms with Gasteiger partial charge in [-0.3, -0.25) is 4.79 Å². The smallest absolute Gasteiger partial charge is 0.256 e. The number of amides is 1. The molecule has 128 valence electrons. The van der Waals surface area contributed by atoms with Crippen molar-refractivity contribution < 1.29 is 9.53 Å². The highest BCUT2D eigenvalue weighted by atomic mass is 16.5. The van der Waals surface area contributed by atoms with Crippen molar-refractivity contribution in [2.24, 2.45) is 0 Å². The molecule has 0 unspecified atom stereocenters. The fourth-order valence-electron chi connectivity index (χ4n) is 4.30. The molecule has 2 atom stereocenters. The first kappa shape index (κ1) is 15.7. The van der Waals surface area contributed by atoms with Crippen LogP contribution in [0.1, 0.15) is 54.7 Å². The number of rotatable bonds is 1. The van der Waals surface area contributed by atoms with E-state index in [2.05, 4.69) is 11.1 Å². The Balaban J connectivity index is 1.73. The van der Waals surface area contributed by atoms with Gasteiger partial charge in [-0.2, -0.15) is 0 Å². The highest BCUT2D eigenvalue weighted by Crippen LogP contribution is 2.31. The van der Waals surface area contributed by atoms with Gasteiger partial charge in [-0.05, 0) is 51.2 Å². The van der Waals surface area contributed by atoms with Gasteiger partial charge in [0.25, 0.3) is 5.91 Å². The third kappa shape index (κ3) is 2.73. The molecule has 1 aromatic carbocycles. The summed E-state index contributed by atoms with van der Waals surface area (Å²) in [5, 5.41) is 1.24. The summed E-state index contributed by atoms with van der Waals surface area (Å²) in [7, 11) is 0. The number of hydrogen-bond donors (Lipinski definition) is 1. The summed E-state index contributed by atoms with van der Waals surface area (Å²) in [4.78, 5) is 18.7. The minimum absolute atomic E-state index is 0.0947. The van der Waals surface area contributed by atoms with Crippen molar-refractivity contribution in [3.8, 4) is 0 Å². The lowest BCUT2D eigenvalue weighted by Gasteiger charge is -2.35. The second kappa shape index (κ2) is 6.25. The zero-order valence-corrected chi connectivity index (χ0v) is 14.6. The average Bonchev–Trinajstić information content (AvgIpc) is 2.75. The van der Waals surface area contributed by atoms with Gasteiger partial charge in [-0.25, -0.2) is 0 Å². The Labute approximate surface area is 143 Å². The molecule has 1 aliphatic heterocycles. The third-order valence-corrected chi connectivity index (χ3v) is 5.32. The molecule has 1 N–H and O–H groups in total. The highest BCUT2D eigenvalue weighted by Gasteiger charge is 2.28. The van der Waals surface area contributed by atoms with E-state index in [9.17, 15) is 4.79 Å². The first-order valence-corrected chi connectivity index (χ1v) is 9.20. The number of benzene rings is 1. The maximum atomic E-state index is 13.1. The second-order valence-corrected chi connectivity index (χ2v) is 7.34. The number of carbonyl (C=O) groups excluding carboxylic acids is 1. The Bertz CT molecular complexity index is 754. The lowest BCUT2D eigenvalue weighted by molar-refractivity contribution is -0.0585. The molecule has 0 bridgehead atoms. The molecule has 4 nitrogen and oxygen atoms in total. The number of morpholine rings is 1. The minimum atomic E-state index is 0.0947. The Hall–Kier alpha value is -1.81. The van der Waals surface area contributed by atoms with Crippen molar-refractivity contribution in [2.75, 3.05) is 13.1 Å². The van der Waals surface area contributed by atoms with Crippen LogP contribution in [0.5, 0.6) is 0 Å². The summed E-state index contributed by atoms with van der Waals surface area (Å²) in [6, 6.07) is 6.16. The van der Waals surface area contributed by atoms with E-state index in [0.29, 0.717) is 13.1 Å². The van der Waals surface area contributed by atoms with Gasteiger partial charge in [0.15, 0.2) is 0 Å². The molecule has 2 heterocycles. The lowest BCUT2D eigenvalue weighted by atomic mass is 10.0. The van der Waals surface area contributed by atoms with Crippen LogP contribution in [-0.2, 0) is 17.6 Å². The Morgan fingerprint density at radius 3 is 2.67 bits per heavy atom. The number of carbonyl (C=O) groups is 1. The van der Waals surface area contributed by atoms with Crippen molar-refractivity contribution in [2.45, 2.75) is 58.2 Å². The van der Waals surface area contributed by atoms with Crippen LogP contribution in [0.4, 0.5) is 0 Å². The number of nitrogens with zero attached hydrogens (tertiary/aromatic N) is 1. The number of ether oxygens (including phenoxy) is 1. The predicted octanol–water partition coefficient (Wildman–Crippen LogP) is 3.69. The van der Waals surface area contributed by atoms with E-state index in [4.69, 9.17) is 4.74 Å². The van der Waals surface area contributed by atoms with E-state index in [1.54, 1.807) is 0 Å². The van der Waals surface area contributed by atoms with Crippen LogP contribution >= 0.6 is 0 Å². The van der Waals surface area contributed by atoms with Gasteiger partial charge in [0, 0.05) is 24.2 Å². The number of aromatic nitrogens is 1. The Kier molecular flexibility index (Phi) is 4.09. The number of aromatic amines is 1. The van der Waals surface area contributed by atoms with Crippen LogP contribution in [0, 0.1) is 0 Å². The topological polar surface area (TPSA) is 45.3 Å². The summed E-state index contributed by atoms with van der Waals surface area (Å²) < 4.78 is 5.77. The van der Waals surface area contributed by atoms with Gasteiger partial charge in [-0.15, -0.1) is 0 Å². The summed E-state index contributed by atoms with van der Waals surface area (Å²) >= 11 is 0. The maximum absolute atomic E-state index is 13.1. The zero-order chi connectivity index (χ0) is 16.7. The van der Waals surface area contributed by atoms with Gasteiger partial charge in [0.2, 0.25) is 0 Å².